The van der Waals surface area contributed by atoms with Crippen molar-refractivity contribution in [2.75, 3.05) is 13.7 Å². The highest BCUT2D eigenvalue weighted by molar-refractivity contribution is 5.77. The lowest BCUT2D eigenvalue weighted by Crippen LogP contribution is -2.34. The average Bonchev–Trinajstić information content (AvgIpc) is 3.19. The van der Waals surface area contributed by atoms with E-state index in [0.29, 0.717) is 18.9 Å². The number of ether oxygens (including phenoxy) is 1. The molecule has 2 saturated carbocycles. The molecule has 0 spiro atoms. The summed E-state index contributed by atoms with van der Waals surface area (Å²) in [5.41, 5.74) is 0. The minimum atomic E-state index is -0.710. The monoisotopic (exact) mass is 255 g/mol. The first-order valence-electron chi connectivity index (χ1n) is 6.68. The van der Waals surface area contributed by atoms with Gasteiger partial charge in [0.05, 0.1) is 12.0 Å². The number of rotatable bonds is 5. The second-order valence-electron chi connectivity index (χ2n) is 5.36. The Morgan fingerprint density at radius 1 is 1.17 bits per heavy atom. The fourth-order valence-corrected chi connectivity index (χ4v) is 2.43. The summed E-state index contributed by atoms with van der Waals surface area (Å²) in [6.45, 7) is 0.134. The number of carbonyl (C=O) groups is 2. The Morgan fingerprint density at radius 2 is 1.78 bits per heavy atom. The number of nitrogens with zero attached hydrogens (tertiary/aromatic N) is 1. The molecule has 0 radical (unpaired) electrons. The van der Waals surface area contributed by atoms with Crippen molar-refractivity contribution in [2.24, 2.45) is 5.92 Å². The Labute approximate surface area is 107 Å². The molecular weight excluding hydrogens is 234 g/mol. The SMILES string of the molecule is CN(C(=O)COC1CCC(C(=O)O)CC1)C1CC1. The van der Waals surface area contributed by atoms with E-state index in [-0.39, 0.29) is 24.5 Å². The summed E-state index contributed by atoms with van der Waals surface area (Å²) in [6.07, 6.45) is 5.07. The third-order valence-corrected chi connectivity index (χ3v) is 3.95. The highest BCUT2D eigenvalue weighted by atomic mass is 16.5. The summed E-state index contributed by atoms with van der Waals surface area (Å²) >= 11 is 0. The Hall–Kier alpha value is -1.10. The molecule has 0 unspecified atom stereocenters. The zero-order valence-electron chi connectivity index (χ0n) is 10.8. The first kappa shape index (κ1) is 13.3. The van der Waals surface area contributed by atoms with E-state index in [4.69, 9.17) is 9.84 Å². The first-order valence-corrected chi connectivity index (χ1v) is 6.68. The van der Waals surface area contributed by atoms with Gasteiger partial charge in [-0.25, -0.2) is 0 Å². The lowest BCUT2D eigenvalue weighted by molar-refractivity contribution is -0.145. The first-order chi connectivity index (χ1) is 8.58. The largest absolute Gasteiger partial charge is 0.481 e. The number of hydrogen-bond donors (Lipinski definition) is 1. The summed E-state index contributed by atoms with van der Waals surface area (Å²) in [6, 6.07) is 0.420. The number of carbonyl (C=O) groups excluding carboxylic acids is 1. The molecule has 0 heterocycles. The molecule has 1 N–H and O–H groups in total. The van der Waals surface area contributed by atoms with E-state index in [9.17, 15) is 9.59 Å². The predicted octanol–water partition coefficient (Wildman–Crippen LogP) is 1.27. The smallest absolute Gasteiger partial charge is 0.306 e. The van der Waals surface area contributed by atoms with Gasteiger partial charge in [-0.2, -0.15) is 0 Å². The van der Waals surface area contributed by atoms with Crippen LogP contribution in [0.4, 0.5) is 0 Å². The van der Waals surface area contributed by atoms with Gasteiger partial charge in [0, 0.05) is 13.1 Å². The fourth-order valence-electron chi connectivity index (χ4n) is 2.43. The summed E-state index contributed by atoms with van der Waals surface area (Å²) < 4.78 is 5.59. The number of aliphatic carboxylic acids is 1. The predicted molar refractivity (Wildman–Crippen MR) is 65.1 cm³/mol. The highest BCUT2D eigenvalue weighted by Crippen LogP contribution is 2.27. The molecular formula is C13H21NO4. The Morgan fingerprint density at radius 3 is 2.28 bits per heavy atom. The van der Waals surface area contributed by atoms with Crippen molar-refractivity contribution in [1.82, 2.24) is 4.90 Å². The number of hydrogen-bond acceptors (Lipinski definition) is 3. The topological polar surface area (TPSA) is 66.8 Å². The summed E-state index contributed by atoms with van der Waals surface area (Å²) in [5, 5.41) is 8.88. The Bertz CT molecular complexity index is 319. The minimum absolute atomic E-state index is 0.0397. The third kappa shape index (κ3) is 3.45. The van der Waals surface area contributed by atoms with Gasteiger partial charge < -0.3 is 14.7 Å². The van der Waals surface area contributed by atoms with E-state index in [1.54, 1.807) is 4.90 Å². The normalized spacial score (nSPS) is 27.8. The second kappa shape index (κ2) is 5.69. The van der Waals surface area contributed by atoms with Crippen molar-refractivity contribution >= 4 is 11.9 Å². The maximum Gasteiger partial charge on any atom is 0.306 e. The molecule has 0 atom stereocenters. The van der Waals surface area contributed by atoms with Crippen LogP contribution in [0.5, 0.6) is 0 Å². The lowest BCUT2D eigenvalue weighted by Gasteiger charge is -2.26. The van der Waals surface area contributed by atoms with E-state index in [2.05, 4.69) is 0 Å². The zero-order valence-corrected chi connectivity index (χ0v) is 10.8. The van der Waals surface area contributed by atoms with E-state index < -0.39 is 5.97 Å². The van der Waals surface area contributed by atoms with Crippen molar-refractivity contribution in [3.63, 3.8) is 0 Å². The molecule has 0 aliphatic heterocycles. The third-order valence-electron chi connectivity index (χ3n) is 3.95. The molecule has 18 heavy (non-hydrogen) atoms. The van der Waals surface area contributed by atoms with E-state index in [0.717, 1.165) is 25.7 Å². The molecule has 2 fully saturated rings. The molecule has 0 aromatic heterocycles. The van der Waals surface area contributed by atoms with Crippen LogP contribution in [0.15, 0.2) is 0 Å². The van der Waals surface area contributed by atoms with Gasteiger partial charge >= 0.3 is 5.97 Å². The van der Waals surface area contributed by atoms with Gasteiger partial charge in [-0.3, -0.25) is 9.59 Å². The van der Waals surface area contributed by atoms with Gasteiger partial charge in [-0.05, 0) is 38.5 Å². The molecule has 0 aromatic carbocycles. The van der Waals surface area contributed by atoms with Crippen LogP contribution in [-0.4, -0.2) is 47.7 Å². The van der Waals surface area contributed by atoms with E-state index in [1.165, 1.54) is 0 Å². The maximum absolute atomic E-state index is 11.7. The Balaban J connectivity index is 1.65. The molecule has 0 saturated heterocycles. The van der Waals surface area contributed by atoms with E-state index in [1.807, 2.05) is 7.05 Å². The van der Waals surface area contributed by atoms with Crippen molar-refractivity contribution in [2.45, 2.75) is 50.7 Å². The van der Waals surface area contributed by atoms with Crippen LogP contribution in [0.25, 0.3) is 0 Å². The number of carboxylic acid groups (broad SMARTS) is 1. The molecule has 0 bridgehead atoms. The quantitative estimate of drug-likeness (QED) is 0.803. The van der Waals surface area contributed by atoms with Crippen LogP contribution < -0.4 is 0 Å². The number of carboxylic acids is 1. The molecule has 5 nitrogen and oxygen atoms in total. The van der Waals surface area contributed by atoms with Gasteiger partial charge in [0.1, 0.15) is 6.61 Å². The standard InChI is InChI=1S/C13H21NO4/c1-14(10-4-5-10)12(15)8-18-11-6-2-9(3-7-11)13(16)17/h9-11H,2-8H2,1H3,(H,16,17). The van der Waals surface area contributed by atoms with Crippen molar-refractivity contribution in [1.29, 1.82) is 0 Å². The maximum atomic E-state index is 11.7. The molecule has 2 rings (SSSR count). The fraction of sp³-hybridized carbons (Fsp3) is 0.846. The van der Waals surface area contributed by atoms with Crippen LogP contribution in [0.1, 0.15) is 38.5 Å². The molecule has 1 amide bonds. The molecule has 2 aliphatic rings. The molecule has 102 valence electrons. The molecule has 0 aromatic rings. The van der Waals surface area contributed by atoms with Gasteiger partial charge in [0.15, 0.2) is 0 Å². The summed E-state index contributed by atoms with van der Waals surface area (Å²) in [4.78, 5) is 24.3. The van der Waals surface area contributed by atoms with Crippen molar-refractivity contribution in [3.8, 4) is 0 Å². The highest BCUT2D eigenvalue weighted by Gasteiger charge is 2.31. The Kier molecular flexibility index (Phi) is 4.22. The zero-order chi connectivity index (χ0) is 13.1. The van der Waals surface area contributed by atoms with Crippen LogP contribution >= 0.6 is 0 Å². The van der Waals surface area contributed by atoms with Crippen LogP contribution in [0, 0.1) is 5.92 Å². The number of amides is 1. The van der Waals surface area contributed by atoms with Gasteiger partial charge in [0.25, 0.3) is 0 Å². The van der Waals surface area contributed by atoms with Crippen molar-refractivity contribution < 1.29 is 19.4 Å². The second-order valence-corrected chi connectivity index (χ2v) is 5.36. The van der Waals surface area contributed by atoms with Gasteiger partial charge in [0.2, 0.25) is 5.91 Å². The van der Waals surface area contributed by atoms with E-state index >= 15 is 0 Å². The number of likely N-dealkylation sites (N-methyl/N-ethyl adjacent to an activating group) is 1. The minimum Gasteiger partial charge on any atom is -0.481 e. The van der Waals surface area contributed by atoms with Crippen LogP contribution in [0.3, 0.4) is 0 Å². The van der Waals surface area contributed by atoms with Crippen LogP contribution in [-0.2, 0) is 14.3 Å². The van der Waals surface area contributed by atoms with Gasteiger partial charge in [-0.15, -0.1) is 0 Å². The van der Waals surface area contributed by atoms with Gasteiger partial charge in [-0.1, -0.05) is 0 Å². The summed E-state index contributed by atoms with van der Waals surface area (Å²) in [7, 11) is 1.82. The summed E-state index contributed by atoms with van der Waals surface area (Å²) in [5.74, 6) is -0.898. The average molecular weight is 255 g/mol. The lowest BCUT2D eigenvalue weighted by atomic mass is 9.87. The van der Waals surface area contributed by atoms with Crippen LogP contribution in [0.2, 0.25) is 0 Å². The molecule has 2 aliphatic carbocycles. The van der Waals surface area contributed by atoms with Crippen molar-refractivity contribution in [3.05, 3.63) is 0 Å². The molecule has 5 heteroatoms.